The number of hydrogen-bond acceptors (Lipinski definition) is 4. The molecule has 2 aromatic carbocycles. The Kier molecular flexibility index (Phi) is 6.27. The number of rotatable bonds is 7. The lowest BCUT2D eigenvalue weighted by Crippen LogP contribution is -2.29. The summed E-state index contributed by atoms with van der Waals surface area (Å²) in [6.45, 7) is 1.56. The first-order chi connectivity index (χ1) is 11.8. The van der Waals surface area contributed by atoms with Crippen LogP contribution in [0.1, 0.15) is 18.9 Å². The number of aliphatic hydroxyl groups excluding tert-OH is 2. The van der Waals surface area contributed by atoms with E-state index in [2.05, 4.69) is 0 Å². The van der Waals surface area contributed by atoms with Gasteiger partial charge in [0, 0.05) is 6.61 Å². The Labute approximate surface area is 143 Å². The molecule has 0 bridgehead atoms. The number of hydrogen-bond donors (Lipinski definition) is 2. The highest BCUT2D eigenvalue weighted by molar-refractivity contribution is 5.36. The minimum atomic E-state index is -4.38. The SMILES string of the molecule is CC(Oc1ccc(Oc2ccc(C(F)(F)F)cc2)cc1)C(O)CCO. The number of alkyl halides is 3. The summed E-state index contributed by atoms with van der Waals surface area (Å²) in [6.07, 6.45) is -5.44. The Morgan fingerprint density at radius 2 is 1.40 bits per heavy atom. The molecule has 0 saturated heterocycles. The van der Waals surface area contributed by atoms with E-state index < -0.39 is 23.9 Å². The van der Waals surface area contributed by atoms with E-state index in [0.29, 0.717) is 11.5 Å². The molecule has 0 aliphatic carbocycles. The summed E-state index contributed by atoms with van der Waals surface area (Å²) in [5.74, 6) is 1.23. The van der Waals surface area contributed by atoms with E-state index in [0.717, 1.165) is 12.1 Å². The highest BCUT2D eigenvalue weighted by atomic mass is 19.4. The summed E-state index contributed by atoms with van der Waals surface area (Å²) in [4.78, 5) is 0. The standard InChI is InChI=1S/C18H19F3O4/c1-12(17(23)10-11-22)24-14-6-8-16(9-7-14)25-15-4-2-13(3-5-15)18(19,20)21/h2-9,12,17,22-23H,10-11H2,1H3. The number of aliphatic hydroxyl groups is 2. The summed E-state index contributed by atoms with van der Waals surface area (Å²) in [6, 6.07) is 10.9. The van der Waals surface area contributed by atoms with Crippen molar-refractivity contribution in [3.05, 3.63) is 54.1 Å². The van der Waals surface area contributed by atoms with Gasteiger partial charge in [-0.1, -0.05) is 0 Å². The molecule has 0 heterocycles. The molecule has 0 aliphatic rings. The predicted molar refractivity (Wildman–Crippen MR) is 85.8 cm³/mol. The average molecular weight is 356 g/mol. The molecule has 4 nitrogen and oxygen atoms in total. The topological polar surface area (TPSA) is 58.9 Å². The first kappa shape index (κ1) is 19.1. The van der Waals surface area contributed by atoms with Crippen molar-refractivity contribution in [1.82, 2.24) is 0 Å². The Balaban J connectivity index is 1.96. The van der Waals surface area contributed by atoms with Crippen LogP contribution in [0.25, 0.3) is 0 Å². The molecule has 0 aromatic heterocycles. The highest BCUT2D eigenvalue weighted by Gasteiger charge is 2.30. The normalized spacial score (nSPS) is 14.0. The monoisotopic (exact) mass is 356 g/mol. The zero-order valence-electron chi connectivity index (χ0n) is 13.5. The van der Waals surface area contributed by atoms with Crippen LogP contribution in [-0.4, -0.2) is 29.0 Å². The maximum atomic E-state index is 12.5. The summed E-state index contributed by atoms with van der Waals surface area (Å²) in [5, 5.41) is 18.5. The second-order valence-corrected chi connectivity index (χ2v) is 5.50. The van der Waals surface area contributed by atoms with Gasteiger partial charge in [-0.2, -0.15) is 13.2 Å². The maximum Gasteiger partial charge on any atom is 0.416 e. The van der Waals surface area contributed by atoms with Crippen LogP contribution in [-0.2, 0) is 6.18 Å². The van der Waals surface area contributed by atoms with Crippen molar-refractivity contribution in [2.75, 3.05) is 6.61 Å². The number of benzene rings is 2. The van der Waals surface area contributed by atoms with E-state index in [4.69, 9.17) is 14.6 Å². The molecule has 0 spiro atoms. The molecule has 2 atom stereocenters. The van der Waals surface area contributed by atoms with Gasteiger partial charge in [0.15, 0.2) is 0 Å². The molecule has 0 amide bonds. The van der Waals surface area contributed by atoms with Crippen molar-refractivity contribution >= 4 is 0 Å². The van der Waals surface area contributed by atoms with Crippen molar-refractivity contribution in [2.24, 2.45) is 0 Å². The van der Waals surface area contributed by atoms with Crippen molar-refractivity contribution in [2.45, 2.75) is 31.7 Å². The van der Waals surface area contributed by atoms with E-state index >= 15 is 0 Å². The van der Waals surface area contributed by atoms with Crippen LogP contribution < -0.4 is 9.47 Å². The van der Waals surface area contributed by atoms with E-state index in [-0.39, 0.29) is 18.8 Å². The molecular formula is C18H19F3O4. The molecule has 2 aromatic rings. The third-order valence-electron chi connectivity index (χ3n) is 3.53. The summed E-state index contributed by atoms with van der Waals surface area (Å²) >= 11 is 0. The molecule has 2 rings (SSSR count). The second-order valence-electron chi connectivity index (χ2n) is 5.50. The van der Waals surface area contributed by atoms with E-state index in [1.165, 1.54) is 12.1 Å². The highest BCUT2D eigenvalue weighted by Crippen LogP contribution is 2.31. The lowest BCUT2D eigenvalue weighted by atomic mass is 10.1. The minimum absolute atomic E-state index is 0.130. The quantitative estimate of drug-likeness (QED) is 0.787. The van der Waals surface area contributed by atoms with Crippen molar-refractivity contribution in [1.29, 1.82) is 0 Å². The van der Waals surface area contributed by atoms with Crippen molar-refractivity contribution in [3.8, 4) is 17.2 Å². The first-order valence-corrected chi connectivity index (χ1v) is 7.70. The summed E-state index contributed by atoms with van der Waals surface area (Å²) in [5.41, 5.74) is -0.737. The van der Waals surface area contributed by atoms with Crippen molar-refractivity contribution in [3.63, 3.8) is 0 Å². The lowest BCUT2D eigenvalue weighted by Gasteiger charge is -2.20. The predicted octanol–water partition coefficient (Wildman–Crippen LogP) is 4.01. The van der Waals surface area contributed by atoms with Gasteiger partial charge in [-0.05, 0) is 61.9 Å². The van der Waals surface area contributed by atoms with Gasteiger partial charge in [-0.15, -0.1) is 0 Å². The zero-order valence-corrected chi connectivity index (χ0v) is 13.5. The molecule has 2 N–H and O–H groups in total. The third kappa shape index (κ3) is 5.65. The molecule has 25 heavy (non-hydrogen) atoms. The minimum Gasteiger partial charge on any atom is -0.488 e. The largest absolute Gasteiger partial charge is 0.488 e. The number of ether oxygens (including phenoxy) is 2. The fourth-order valence-corrected chi connectivity index (χ4v) is 2.09. The van der Waals surface area contributed by atoms with Gasteiger partial charge in [0.05, 0.1) is 11.7 Å². The molecule has 0 saturated carbocycles. The van der Waals surface area contributed by atoms with Gasteiger partial charge in [-0.25, -0.2) is 0 Å². The van der Waals surface area contributed by atoms with Gasteiger partial charge < -0.3 is 19.7 Å². The van der Waals surface area contributed by atoms with Gasteiger partial charge >= 0.3 is 6.18 Å². The van der Waals surface area contributed by atoms with Crippen LogP contribution >= 0.6 is 0 Å². The van der Waals surface area contributed by atoms with Crippen LogP contribution in [0.5, 0.6) is 17.2 Å². The Morgan fingerprint density at radius 1 is 0.920 bits per heavy atom. The molecule has 7 heteroatoms. The Hall–Kier alpha value is -2.25. The average Bonchev–Trinajstić information content (AvgIpc) is 2.56. The summed E-state index contributed by atoms with van der Waals surface area (Å²) < 4.78 is 48.6. The van der Waals surface area contributed by atoms with Gasteiger partial charge in [0.25, 0.3) is 0 Å². The smallest absolute Gasteiger partial charge is 0.416 e. The van der Waals surface area contributed by atoms with Crippen LogP contribution in [0.4, 0.5) is 13.2 Å². The molecule has 2 unspecified atom stereocenters. The Morgan fingerprint density at radius 3 is 1.88 bits per heavy atom. The first-order valence-electron chi connectivity index (χ1n) is 7.70. The van der Waals surface area contributed by atoms with E-state index in [1.54, 1.807) is 31.2 Å². The second kappa shape index (κ2) is 8.22. The molecule has 0 aliphatic heterocycles. The molecular weight excluding hydrogens is 337 g/mol. The Bertz CT molecular complexity index is 654. The zero-order chi connectivity index (χ0) is 18.4. The van der Waals surface area contributed by atoms with Gasteiger partial charge in [0.1, 0.15) is 23.4 Å². The molecule has 136 valence electrons. The van der Waals surface area contributed by atoms with E-state index in [9.17, 15) is 18.3 Å². The lowest BCUT2D eigenvalue weighted by molar-refractivity contribution is -0.137. The van der Waals surface area contributed by atoms with Gasteiger partial charge in [-0.3, -0.25) is 0 Å². The van der Waals surface area contributed by atoms with Crippen LogP contribution in [0.2, 0.25) is 0 Å². The van der Waals surface area contributed by atoms with Crippen molar-refractivity contribution < 1.29 is 32.9 Å². The number of halogens is 3. The van der Waals surface area contributed by atoms with E-state index in [1.807, 2.05) is 0 Å². The third-order valence-corrected chi connectivity index (χ3v) is 3.53. The molecule has 0 fully saturated rings. The van der Waals surface area contributed by atoms with Crippen LogP contribution in [0.3, 0.4) is 0 Å². The fourth-order valence-electron chi connectivity index (χ4n) is 2.09. The van der Waals surface area contributed by atoms with Crippen LogP contribution in [0.15, 0.2) is 48.5 Å². The summed E-state index contributed by atoms with van der Waals surface area (Å²) in [7, 11) is 0. The molecule has 0 radical (unpaired) electrons. The van der Waals surface area contributed by atoms with Crippen LogP contribution in [0, 0.1) is 0 Å². The maximum absolute atomic E-state index is 12.5. The fraction of sp³-hybridized carbons (Fsp3) is 0.333. The van der Waals surface area contributed by atoms with Gasteiger partial charge in [0.2, 0.25) is 0 Å².